The normalized spacial score (nSPS) is 25.4. The molecule has 3 rings (SSSR count). The number of nitrogens with one attached hydrogen (secondary N) is 1. The van der Waals surface area contributed by atoms with Crippen LogP contribution < -0.4 is 5.32 Å². The molecular weight excluding hydrogens is 473 g/mol. The highest BCUT2D eigenvalue weighted by molar-refractivity contribution is 14.0. The second kappa shape index (κ2) is 12.1. The van der Waals surface area contributed by atoms with Crippen molar-refractivity contribution in [3.63, 3.8) is 0 Å². The number of aliphatic imine (C=N–C) groups is 1. The second-order valence-corrected chi connectivity index (χ2v) is 8.54. The minimum Gasteiger partial charge on any atom is -0.355 e. The highest BCUT2D eigenvalue weighted by atomic mass is 127. The largest absolute Gasteiger partial charge is 0.355 e. The van der Waals surface area contributed by atoms with E-state index in [9.17, 15) is 0 Å². The fraction of sp³-hybridized carbons (Fsp3) is 0.696. The first kappa shape index (κ1) is 24.4. The maximum absolute atomic E-state index is 4.61. The molecule has 0 amide bonds. The standard InChI is InChI=1S/C23H39N5.HI/c1-5-20-18-28(12-11-22(20)21-9-7-6-8-10-21)23(24-3)25-17-19(2)27-15-13-26(4)14-16-27;/h6-10,19-20,22H,5,11-18H2,1-4H3,(H,24,25);1H. The number of benzene rings is 1. The van der Waals surface area contributed by atoms with Gasteiger partial charge in [-0.3, -0.25) is 9.89 Å². The SMILES string of the molecule is CCC1CN(C(=NC)NCC(C)N2CCN(C)CC2)CCC1c1ccccc1.I. The Hall–Kier alpha value is -0.860. The van der Waals surface area contributed by atoms with Gasteiger partial charge in [-0.15, -0.1) is 24.0 Å². The summed E-state index contributed by atoms with van der Waals surface area (Å²) >= 11 is 0. The molecule has 1 N–H and O–H groups in total. The first-order chi connectivity index (χ1) is 13.6. The number of hydrogen-bond acceptors (Lipinski definition) is 3. The molecule has 3 atom stereocenters. The monoisotopic (exact) mass is 513 g/mol. The molecule has 2 heterocycles. The summed E-state index contributed by atoms with van der Waals surface area (Å²) in [5.74, 6) is 2.43. The molecule has 2 saturated heterocycles. The molecule has 1 aromatic carbocycles. The fourth-order valence-electron chi connectivity index (χ4n) is 4.74. The van der Waals surface area contributed by atoms with Crippen molar-refractivity contribution in [1.29, 1.82) is 0 Å². The zero-order valence-corrected chi connectivity index (χ0v) is 21.0. The first-order valence-corrected chi connectivity index (χ1v) is 11.1. The molecule has 0 bridgehead atoms. The highest BCUT2D eigenvalue weighted by Gasteiger charge is 2.30. The molecule has 5 nitrogen and oxygen atoms in total. The molecule has 0 radical (unpaired) electrons. The lowest BCUT2D eigenvalue weighted by Crippen LogP contribution is -2.54. The number of nitrogens with zero attached hydrogens (tertiary/aromatic N) is 4. The molecule has 3 unspecified atom stereocenters. The van der Waals surface area contributed by atoms with Crippen LogP contribution in [0, 0.1) is 5.92 Å². The van der Waals surface area contributed by atoms with Crippen LogP contribution in [0.15, 0.2) is 35.3 Å². The molecular formula is C23H40IN5. The molecule has 0 aromatic heterocycles. The van der Waals surface area contributed by atoms with Crippen molar-refractivity contribution in [2.45, 2.75) is 38.6 Å². The Labute approximate surface area is 194 Å². The fourth-order valence-corrected chi connectivity index (χ4v) is 4.74. The number of guanidine groups is 1. The van der Waals surface area contributed by atoms with E-state index >= 15 is 0 Å². The van der Waals surface area contributed by atoms with Gasteiger partial charge in [0.1, 0.15) is 0 Å². The number of piperazine rings is 1. The summed E-state index contributed by atoms with van der Waals surface area (Å²) in [6.45, 7) is 12.5. The Morgan fingerprint density at radius 2 is 1.83 bits per heavy atom. The van der Waals surface area contributed by atoms with Crippen LogP contribution >= 0.6 is 24.0 Å². The van der Waals surface area contributed by atoms with Crippen molar-refractivity contribution in [2.75, 3.05) is 59.9 Å². The zero-order chi connectivity index (χ0) is 19.9. The van der Waals surface area contributed by atoms with E-state index < -0.39 is 0 Å². The van der Waals surface area contributed by atoms with Gasteiger partial charge < -0.3 is 15.1 Å². The third-order valence-corrected chi connectivity index (χ3v) is 6.71. The number of likely N-dealkylation sites (tertiary alicyclic amines) is 1. The molecule has 29 heavy (non-hydrogen) atoms. The Morgan fingerprint density at radius 1 is 1.14 bits per heavy atom. The Balaban J connectivity index is 0.00000300. The van der Waals surface area contributed by atoms with Gasteiger partial charge >= 0.3 is 0 Å². The van der Waals surface area contributed by atoms with Crippen molar-refractivity contribution in [3.8, 4) is 0 Å². The molecule has 0 saturated carbocycles. The number of piperidine rings is 1. The third-order valence-electron chi connectivity index (χ3n) is 6.71. The predicted octanol–water partition coefficient (Wildman–Crippen LogP) is 3.33. The van der Waals surface area contributed by atoms with E-state index in [-0.39, 0.29) is 24.0 Å². The Morgan fingerprint density at radius 3 is 2.45 bits per heavy atom. The Kier molecular flexibility index (Phi) is 10.2. The minimum atomic E-state index is 0. The molecule has 2 aliphatic heterocycles. The van der Waals surface area contributed by atoms with E-state index in [1.165, 1.54) is 44.6 Å². The van der Waals surface area contributed by atoms with Gasteiger partial charge in [0.25, 0.3) is 0 Å². The van der Waals surface area contributed by atoms with Gasteiger partial charge in [-0.05, 0) is 37.8 Å². The van der Waals surface area contributed by atoms with Crippen LogP contribution in [0.2, 0.25) is 0 Å². The van der Waals surface area contributed by atoms with Gasteiger partial charge in [0.2, 0.25) is 0 Å². The maximum Gasteiger partial charge on any atom is 0.193 e. The average Bonchev–Trinajstić information content (AvgIpc) is 2.75. The highest BCUT2D eigenvalue weighted by Crippen LogP contribution is 2.34. The number of hydrogen-bond donors (Lipinski definition) is 1. The van der Waals surface area contributed by atoms with E-state index in [4.69, 9.17) is 0 Å². The van der Waals surface area contributed by atoms with Crippen molar-refractivity contribution >= 4 is 29.9 Å². The minimum absolute atomic E-state index is 0. The van der Waals surface area contributed by atoms with Crippen molar-refractivity contribution in [3.05, 3.63) is 35.9 Å². The maximum atomic E-state index is 4.61. The van der Waals surface area contributed by atoms with E-state index in [1.54, 1.807) is 0 Å². The number of halogens is 1. The summed E-state index contributed by atoms with van der Waals surface area (Å²) in [5, 5.41) is 3.67. The summed E-state index contributed by atoms with van der Waals surface area (Å²) in [6.07, 6.45) is 2.42. The molecule has 6 heteroatoms. The van der Waals surface area contributed by atoms with Gasteiger partial charge in [0.15, 0.2) is 5.96 Å². The average molecular weight is 514 g/mol. The second-order valence-electron chi connectivity index (χ2n) is 8.54. The quantitative estimate of drug-likeness (QED) is 0.372. The molecule has 0 spiro atoms. The molecule has 2 aliphatic rings. The van der Waals surface area contributed by atoms with E-state index in [0.717, 1.165) is 25.6 Å². The summed E-state index contributed by atoms with van der Waals surface area (Å²) < 4.78 is 0. The zero-order valence-electron chi connectivity index (χ0n) is 18.7. The summed E-state index contributed by atoms with van der Waals surface area (Å²) in [6, 6.07) is 11.6. The summed E-state index contributed by atoms with van der Waals surface area (Å²) in [4.78, 5) is 12.1. The lowest BCUT2D eigenvalue weighted by Gasteiger charge is -2.41. The smallest absolute Gasteiger partial charge is 0.193 e. The van der Waals surface area contributed by atoms with Gasteiger partial charge in [-0.2, -0.15) is 0 Å². The van der Waals surface area contributed by atoms with Crippen molar-refractivity contribution < 1.29 is 0 Å². The van der Waals surface area contributed by atoms with Crippen LogP contribution in [-0.2, 0) is 0 Å². The van der Waals surface area contributed by atoms with E-state index in [0.29, 0.717) is 17.9 Å². The van der Waals surface area contributed by atoms with E-state index in [2.05, 4.69) is 76.2 Å². The van der Waals surface area contributed by atoms with E-state index in [1.807, 2.05) is 7.05 Å². The molecule has 164 valence electrons. The topological polar surface area (TPSA) is 34.1 Å². The van der Waals surface area contributed by atoms with Gasteiger partial charge in [0, 0.05) is 58.9 Å². The number of likely N-dealkylation sites (N-methyl/N-ethyl adjacent to an activating group) is 1. The first-order valence-electron chi connectivity index (χ1n) is 11.1. The van der Waals surface area contributed by atoms with Crippen LogP contribution in [0.1, 0.15) is 38.2 Å². The van der Waals surface area contributed by atoms with Crippen LogP contribution in [0.3, 0.4) is 0 Å². The Bertz CT molecular complexity index is 615. The van der Waals surface area contributed by atoms with Gasteiger partial charge in [0.05, 0.1) is 0 Å². The van der Waals surface area contributed by atoms with Crippen LogP contribution in [0.4, 0.5) is 0 Å². The van der Waals surface area contributed by atoms with Crippen molar-refractivity contribution in [2.24, 2.45) is 10.9 Å². The predicted molar refractivity (Wildman–Crippen MR) is 134 cm³/mol. The molecule has 1 aromatic rings. The van der Waals surface area contributed by atoms with Crippen LogP contribution in [-0.4, -0.2) is 86.6 Å². The van der Waals surface area contributed by atoms with Crippen molar-refractivity contribution in [1.82, 2.24) is 20.0 Å². The lowest BCUT2D eigenvalue weighted by atomic mass is 9.79. The summed E-state index contributed by atoms with van der Waals surface area (Å²) in [7, 11) is 4.14. The molecule has 2 fully saturated rings. The van der Waals surface area contributed by atoms with Crippen LogP contribution in [0.5, 0.6) is 0 Å². The van der Waals surface area contributed by atoms with Gasteiger partial charge in [-0.1, -0.05) is 43.7 Å². The summed E-state index contributed by atoms with van der Waals surface area (Å²) in [5.41, 5.74) is 1.50. The van der Waals surface area contributed by atoms with Gasteiger partial charge in [-0.25, -0.2) is 0 Å². The lowest BCUT2D eigenvalue weighted by molar-refractivity contribution is 0.119. The number of rotatable bonds is 5. The third kappa shape index (κ3) is 6.56. The molecule has 0 aliphatic carbocycles. The van der Waals surface area contributed by atoms with Crippen LogP contribution in [0.25, 0.3) is 0 Å².